The summed E-state index contributed by atoms with van der Waals surface area (Å²) in [5, 5.41) is 0. The van der Waals surface area contributed by atoms with Crippen molar-refractivity contribution in [3.63, 3.8) is 0 Å². The number of nitrogens with zero attached hydrogens (tertiary/aromatic N) is 6. The third-order valence-corrected chi connectivity index (χ3v) is 6.50. The zero-order chi connectivity index (χ0) is 22.7. The Hall–Kier alpha value is -3.69. The van der Waals surface area contributed by atoms with E-state index in [-0.39, 0.29) is 5.75 Å². The van der Waals surface area contributed by atoms with Crippen molar-refractivity contribution in [2.24, 2.45) is 24.8 Å². The summed E-state index contributed by atoms with van der Waals surface area (Å²) in [7, 11) is 1.82. The van der Waals surface area contributed by atoms with E-state index in [2.05, 4.69) is 24.8 Å². The van der Waals surface area contributed by atoms with E-state index >= 15 is 0 Å². The third kappa shape index (κ3) is 3.55. The van der Waals surface area contributed by atoms with E-state index in [0.717, 1.165) is 31.2 Å². The Kier molecular flexibility index (Phi) is 4.49. The lowest BCUT2D eigenvalue weighted by Gasteiger charge is -2.20. The van der Waals surface area contributed by atoms with E-state index in [1.54, 1.807) is 16.8 Å². The van der Waals surface area contributed by atoms with Crippen molar-refractivity contribution in [3.05, 3.63) is 60.2 Å². The Labute approximate surface area is 186 Å². The van der Waals surface area contributed by atoms with E-state index < -0.39 is 17.5 Å². The van der Waals surface area contributed by atoms with Crippen LogP contribution in [0.15, 0.2) is 42.7 Å². The molecule has 33 heavy (non-hydrogen) atoms. The first-order valence-corrected chi connectivity index (χ1v) is 10.6. The summed E-state index contributed by atoms with van der Waals surface area (Å²) < 4.78 is 47.3. The van der Waals surface area contributed by atoms with Crippen molar-refractivity contribution in [3.8, 4) is 17.3 Å². The van der Waals surface area contributed by atoms with Gasteiger partial charge in [-0.2, -0.15) is 0 Å². The summed E-state index contributed by atoms with van der Waals surface area (Å²) in [5.74, 6) is 1.09. The van der Waals surface area contributed by atoms with Crippen LogP contribution in [0.3, 0.4) is 0 Å². The van der Waals surface area contributed by atoms with Gasteiger partial charge in [0.25, 0.3) is 0 Å². The molecular weight excluding hydrogens is 433 g/mol. The highest BCUT2D eigenvalue weighted by Gasteiger charge is 2.56. The van der Waals surface area contributed by atoms with Gasteiger partial charge < -0.3 is 14.2 Å². The van der Waals surface area contributed by atoms with Crippen molar-refractivity contribution in [1.29, 1.82) is 0 Å². The van der Waals surface area contributed by atoms with Gasteiger partial charge in [-0.05, 0) is 24.0 Å². The standard InChI is InChI=1S/C23H19F3N6O/c1-31-22(19-3-2-12(24)7-27-19)30-21-23(31)28-8-20(29-21)32-9-16-17(10-32)18(16)11-33-15-5-13(25)4-14(26)6-15/h2-8,16-18H,9-11H2,1H3/t16-,17+,18-. The number of fused-ring (bicyclic) bond motifs is 2. The Morgan fingerprint density at radius 2 is 1.70 bits per heavy atom. The second kappa shape index (κ2) is 7.43. The molecule has 1 aliphatic heterocycles. The highest BCUT2D eigenvalue weighted by molar-refractivity contribution is 5.74. The summed E-state index contributed by atoms with van der Waals surface area (Å²) in [6.45, 7) is 2.07. The number of hydrogen-bond acceptors (Lipinski definition) is 6. The minimum atomic E-state index is -0.644. The van der Waals surface area contributed by atoms with E-state index in [9.17, 15) is 13.2 Å². The molecule has 1 aliphatic carbocycles. The van der Waals surface area contributed by atoms with Gasteiger partial charge in [-0.3, -0.25) is 0 Å². The van der Waals surface area contributed by atoms with Gasteiger partial charge in [-0.15, -0.1) is 0 Å². The fourth-order valence-corrected chi connectivity index (χ4v) is 4.73. The van der Waals surface area contributed by atoms with Crippen LogP contribution in [0.2, 0.25) is 0 Å². The summed E-state index contributed by atoms with van der Waals surface area (Å²) in [6.07, 6.45) is 2.89. The van der Waals surface area contributed by atoms with Crippen LogP contribution in [0.1, 0.15) is 0 Å². The Balaban J connectivity index is 1.14. The number of aromatic nitrogens is 5. The number of rotatable bonds is 5. The average molecular weight is 452 g/mol. The van der Waals surface area contributed by atoms with E-state index in [0.29, 0.717) is 47.2 Å². The largest absolute Gasteiger partial charge is 0.493 e. The molecule has 6 rings (SSSR count). The quantitative estimate of drug-likeness (QED) is 0.461. The molecule has 1 aromatic carbocycles. The maximum atomic E-state index is 13.3. The molecule has 4 heterocycles. The summed E-state index contributed by atoms with van der Waals surface area (Å²) in [6, 6.07) is 6.14. The van der Waals surface area contributed by atoms with Crippen molar-refractivity contribution in [1.82, 2.24) is 24.5 Å². The molecule has 0 amide bonds. The minimum Gasteiger partial charge on any atom is -0.493 e. The fraction of sp³-hybridized carbons (Fsp3) is 0.304. The van der Waals surface area contributed by atoms with Gasteiger partial charge in [0.1, 0.15) is 34.7 Å². The molecule has 3 atom stereocenters. The van der Waals surface area contributed by atoms with Crippen LogP contribution in [0, 0.1) is 35.2 Å². The molecule has 0 N–H and O–H groups in total. The zero-order valence-corrected chi connectivity index (χ0v) is 17.6. The number of halogens is 3. The number of pyridine rings is 1. The first kappa shape index (κ1) is 20.0. The van der Waals surface area contributed by atoms with Gasteiger partial charge in [-0.25, -0.2) is 33.1 Å². The third-order valence-electron chi connectivity index (χ3n) is 6.50. The van der Waals surface area contributed by atoms with Crippen LogP contribution in [0.5, 0.6) is 5.75 Å². The number of hydrogen-bond donors (Lipinski definition) is 0. The van der Waals surface area contributed by atoms with E-state index in [1.807, 2.05) is 7.05 Å². The molecule has 1 saturated carbocycles. The Morgan fingerprint density at radius 3 is 2.39 bits per heavy atom. The molecule has 0 bridgehead atoms. The van der Waals surface area contributed by atoms with Crippen LogP contribution in [0.25, 0.3) is 22.8 Å². The van der Waals surface area contributed by atoms with Gasteiger partial charge in [0.15, 0.2) is 17.1 Å². The topological polar surface area (TPSA) is 69.0 Å². The molecule has 2 fully saturated rings. The molecule has 2 aliphatic rings. The number of piperidine rings is 1. The predicted molar refractivity (Wildman–Crippen MR) is 114 cm³/mol. The second-order valence-corrected chi connectivity index (χ2v) is 8.54. The molecule has 168 valence electrons. The van der Waals surface area contributed by atoms with Crippen LogP contribution in [0.4, 0.5) is 19.0 Å². The number of ether oxygens (including phenoxy) is 1. The second-order valence-electron chi connectivity index (χ2n) is 8.54. The smallest absolute Gasteiger partial charge is 0.200 e. The Morgan fingerprint density at radius 1 is 0.939 bits per heavy atom. The highest BCUT2D eigenvalue weighted by atomic mass is 19.1. The van der Waals surface area contributed by atoms with Gasteiger partial charge in [-0.1, -0.05) is 0 Å². The van der Waals surface area contributed by atoms with E-state index in [1.165, 1.54) is 18.2 Å². The number of anilines is 1. The van der Waals surface area contributed by atoms with Gasteiger partial charge in [0.05, 0.1) is 19.0 Å². The molecule has 7 nitrogen and oxygen atoms in total. The maximum Gasteiger partial charge on any atom is 0.200 e. The number of benzene rings is 1. The van der Waals surface area contributed by atoms with Crippen molar-refractivity contribution in [2.75, 3.05) is 24.6 Å². The lowest BCUT2D eigenvalue weighted by atomic mass is 10.2. The number of aryl methyl sites for hydroxylation is 1. The first-order chi connectivity index (χ1) is 16.0. The van der Waals surface area contributed by atoms with Gasteiger partial charge >= 0.3 is 0 Å². The monoisotopic (exact) mass is 452 g/mol. The van der Waals surface area contributed by atoms with Crippen LogP contribution < -0.4 is 9.64 Å². The number of imidazole rings is 1. The normalized spacial score (nSPS) is 21.5. The molecule has 0 radical (unpaired) electrons. The SMILES string of the molecule is Cn1c(-c2ccc(F)cn2)nc2nc(N3C[C@@H]4[C@H](COc5cc(F)cc(F)c5)[C@@H]4C3)cnc21. The van der Waals surface area contributed by atoms with Crippen LogP contribution in [-0.2, 0) is 7.05 Å². The van der Waals surface area contributed by atoms with Crippen molar-refractivity contribution >= 4 is 17.1 Å². The van der Waals surface area contributed by atoms with E-state index in [4.69, 9.17) is 4.74 Å². The average Bonchev–Trinajstić information content (AvgIpc) is 3.10. The predicted octanol–water partition coefficient (Wildman–Crippen LogP) is 3.60. The van der Waals surface area contributed by atoms with Crippen molar-refractivity contribution < 1.29 is 17.9 Å². The molecule has 0 spiro atoms. The lowest BCUT2D eigenvalue weighted by Crippen LogP contribution is -2.26. The summed E-state index contributed by atoms with van der Waals surface area (Å²) >= 11 is 0. The molecule has 0 unspecified atom stereocenters. The maximum absolute atomic E-state index is 13.3. The van der Waals surface area contributed by atoms with Crippen LogP contribution in [-0.4, -0.2) is 44.2 Å². The van der Waals surface area contributed by atoms with Gasteiger partial charge in [0.2, 0.25) is 0 Å². The molecule has 10 heteroatoms. The lowest BCUT2D eigenvalue weighted by molar-refractivity contribution is 0.280. The molecular formula is C23H19F3N6O. The highest BCUT2D eigenvalue weighted by Crippen LogP contribution is 2.52. The first-order valence-electron chi connectivity index (χ1n) is 10.6. The zero-order valence-electron chi connectivity index (χ0n) is 17.6. The summed E-state index contributed by atoms with van der Waals surface area (Å²) in [5.41, 5.74) is 1.67. The minimum absolute atomic E-state index is 0.215. The molecule has 1 saturated heterocycles. The van der Waals surface area contributed by atoms with Crippen LogP contribution >= 0.6 is 0 Å². The summed E-state index contributed by atoms with van der Waals surface area (Å²) in [4.78, 5) is 20.1. The van der Waals surface area contributed by atoms with Crippen molar-refractivity contribution in [2.45, 2.75) is 0 Å². The molecule has 4 aromatic rings. The molecule has 3 aromatic heterocycles. The fourth-order valence-electron chi connectivity index (χ4n) is 4.73. The Bertz CT molecular complexity index is 1330. The van der Waals surface area contributed by atoms with Gasteiger partial charge in [0, 0.05) is 44.3 Å².